The lowest BCUT2D eigenvalue weighted by atomic mass is 10.0. The number of aliphatic carboxylic acids is 1. The van der Waals surface area contributed by atoms with Crippen LogP contribution in [0.1, 0.15) is 38.2 Å². The molecule has 0 unspecified atom stereocenters. The topological polar surface area (TPSA) is 69.6 Å². The van der Waals surface area contributed by atoms with Crippen molar-refractivity contribution in [1.82, 2.24) is 4.90 Å². The lowest BCUT2D eigenvalue weighted by molar-refractivity contribution is -0.142. The summed E-state index contributed by atoms with van der Waals surface area (Å²) in [5.41, 5.74) is 1.93. The Hall–Kier alpha value is -1.88. The molecule has 5 nitrogen and oxygen atoms in total. The summed E-state index contributed by atoms with van der Waals surface area (Å²) in [6, 6.07) is 7.23. The van der Waals surface area contributed by atoms with Gasteiger partial charge in [0.1, 0.15) is 6.04 Å². The normalized spacial score (nSPS) is 18.9. The van der Waals surface area contributed by atoms with Gasteiger partial charge in [-0.05, 0) is 43.0 Å². The van der Waals surface area contributed by atoms with Gasteiger partial charge < -0.3 is 10.4 Å². The standard InChI is InChI=1S/C16H22N2O3/c1-11(2)12-5-3-6-13(9-12)17-15(19)10-18-8-4-7-14(18)16(20)21/h3,5-6,9,11,14H,4,7-8,10H2,1-2H3,(H,17,19)(H,20,21)/t14-/m1/s1. The summed E-state index contributed by atoms with van der Waals surface area (Å²) in [5.74, 6) is -0.608. The Morgan fingerprint density at radius 1 is 1.43 bits per heavy atom. The Morgan fingerprint density at radius 2 is 2.19 bits per heavy atom. The zero-order valence-corrected chi connectivity index (χ0v) is 12.5. The van der Waals surface area contributed by atoms with Crippen LogP contribution in [0.5, 0.6) is 0 Å². The maximum Gasteiger partial charge on any atom is 0.320 e. The molecule has 1 amide bonds. The Bertz CT molecular complexity index is 528. The van der Waals surface area contributed by atoms with Crippen molar-refractivity contribution < 1.29 is 14.7 Å². The molecule has 0 aliphatic carbocycles. The smallest absolute Gasteiger partial charge is 0.320 e. The van der Waals surface area contributed by atoms with Crippen molar-refractivity contribution >= 4 is 17.6 Å². The second-order valence-corrected chi connectivity index (χ2v) is 5.80. The summed E-state index contributed by atoms with van der Waals surface area (Å²) in [6.45, 7) is 4.99. The molecule has 0 spiro atoms. The van der Waals surface area contributed by atoms with Crippen LogP contribution in [0.4, 0.5) is 5.69 Å². The molecule has 114 valence electrons. The zero-order chi connectivity index (χ0) is 15.4. The number of carbonyl (C=O) groups is 2. The average molecular weight is 290 g/mol. The molecular weight excluding hydrogens is 268 g/mol. The Labute approximate surface area is 125 Å². The molecule has 0 aromatic heterocycles. The van der Waals surface area contributed by atoms with Gasteiger partial charge in [-0.3, -0.25) is 14.5 Å². The van der Waals surface area contributed by atoms with Gasteiger partial charge in [0.25, 0.3) is 0 Å². The van der Waals surface area contributed by atoms with Crippen molar-refractivity contribution in [3.63, 3.8) is 0 Å². The highest BCUT2D eigenvalue weighted by molar-refractivity contribution is 5.92. The maximum absolute atomic E-state index is 12.1. The van der Waals surface area contributed by atoms with E-state index in [0.717, 1.165) is 17.7 Å². The fraction of sp³-hybridized carbons (Fsp3) is 0.500. The number of anilines is 1. The van der Waals surface area contributed by atoms with Crippen LogP contribution in [0.3, 0.4) is 0 Å². The van der Waals surface area contributed by atoms with Gasteiger partial charge in [-0.15, -0.1) is 0 Å². The molecule has 5 heteroatoms. The third-order valence-electron chi connectivity index (χ3n) is 3.83. The van der Waals surface area contributed by atoms with Crippen LogP contribution in [-0.4, -0.2) is 41.0 Å². The van der Waals surface area contributed by atoms with E-state index < -0.39 is 12.0 Å². The molecule has 2 N–H and O–H groups in total. The number of benzene rings is 1. The van der Waals surface area contributed by atoms with Gasteiger partial charge in [-0.2, -0.15) is 0 Å². The molecule has 1 aromatic carbocycles. The van der Waals surface area contributed by atoms with Crippen LogP contribution in [0, 0.1) is 0 Å². The first-order valence-electron chi connectivity index (χ1n) is 7.34. The molecule has 1 saturated heterocycles. The number of likely N-dealkylation sites (tertiary alicyclic amines) is 1. The molecule has 1 aliphatic heterocycles. The van der Waals surface area contributed by atoms with Crippen molar-refractivity contribution in [2.75, 3.05) is 18.4 Å². The molecule has 1 heterocycles. The van der Waals surface area contributed by atoms with Crippen LogP contribution < -0.4 is 5.32 Å². The summed E-state index contributed by atoms with van der Waals surface area (Å²) in [4.78, 5) is 24.9. The van der Waals surface area contributed by atoms with Gasteiger partial charge in [0.15, 0.2) is 0 Å². The molecule has 0 saturated carbocycles. The largest absolute Gasteiger partial charge is 0.480 e. The molecule has 0 bridgehead atoms. The fourth-order valence-electron chi connectivity index (χ4n) is 2.66. The summed E-state index contributed by atoms with van der Waals surface area (Å²) in [6.07, 6.45) is 1.44. The number of carboxylic acid groups (broad SMARTS) is 1. The van der Waals surface area contributed by atoms with E-state index in [1.807, 2.05) is 24.3 Å². The Kier molecular flexibility index (Phi) is 4.96. The van der Waals surface area contributed by atoms with Crippen LogP contribution in [0.15, 0.2) is 24.3 Å². The highest BCUT2D eigenvalue weighted by Gasteiger charge is 2.31. The van der Waals surface area contributed by atoms with Gasteiger partial charge >= 0.3 is 5.97 Å². The van der Waals surface area contributed by atoms with Crippen LogP contribution in [0.2, 0.25) is 0 Å². The lowest BCUT2D eigenvalue weighted by Gasteiger charge is -2.20. The van der Waals surface area contributed by atoms with E-state index in [1.54, 1.807) is 4.90 Å². The first-order chi connectivity index (χ1) is 9.97. The summed E-state index contributed by atoms with van der Waals surface area (Å²) >= 11 is 0. The zero-order valence-electron chi connectivity index (χ0n) is 12.5. The molecule has 0 radical (unpaired) electrons. The first kappa shape index (κ1) is 15.5. The summed E-state index contributed by atoms with van der Waals surface area (Å²) in [5, 5.41) is 12.0. The van der Waals surface area contributed by atoms with Gasteiger partial charge in [-0.25, -0.2) is 0 Å². The number of hydrogen-bond acceptors (Lipinski definition) is 3. The lowest BCUT2D eigenvalue weighted by Crippen LogP contribution is -2.40. The first-order valence-corrected chi connectivity index (χ1v) is 7.34. The highest BCUT2D eigenvalue weighted by atomic mass is 16.4. The summed E-state index contributed by atoms with van der Waals surface area (Å²) < 4.78 is 0. The van der Waals surface area contributed by atoms with Crippen LogP contribution >= 0.6 is 0 Å². The van der Waals surface area contributed by atoms with Gasteiger partial charge in [0, 0.05) is 5.69 Å². The SMILES string of the molecule is CC(C)c1cccc(NC(=O)CN2CCC[C@@H]2C(=O)O)c1. The predicted octanol–water partition coefficient (Wildman–Crippen LogP) is 2.30. The van der Waals surface area contributed by atoms with Crippen molar-refractivity contribution in [3.05, 3.63) is 29.8 Å². The van der Waals surface area contributed by atoms with Crippen molar-refractivity contribution in [3.8, 4) is 0 Å². The maximum atomic E-state index is 12.1. The van der Waals surface area contributed by atoms with Gasteiger partial charge in [-0.1, -0.05) is 26.0 Å². The number of nitrogens with one attached hydrogen (secondary N) is 1. The van der Waals surface area contributed by atoms with Crippen LogP contribution in [0.25, 0.3) is 0 Å². The molecule has 2 rings (SSSR count). The van der Waals surface area contributed by atoms with Crippen LogP contribution in [-0.2, 0) is 9.59 Å². The molecule has 21 heavy (non-hydrogen) atoms. The number of carbonyl (C=O) groups excluding carboxylic acids is 1. The number of rotatable bonds is 5. The monoisotopic (exact) mass is 290 g/mol. The average Bonchev–Trinajstić information content (AvgIpc) is 2.87. The van der Waals surface area contributed by atoms with E-state index in [4.69, 9.17) is 5.11 Å². The minimum absolute atomic E-state index is 0.128. The number of hydrogen-bond donors (Lipinski definition) is 2. The molecule has 1 aromatic rings. The number of amides is 1. The van der Waals surface area contributed by atoms with Crippen molar-refractivity contribution in [1.29, 1.82) is 0 Å². The van der Waals surface area contributed by atoms with E-state index in [1.165, 1.54) is 0 Å². The Balaban J connectivity index is 1.95. The summed E-state index contributed by atoms with van der Waals surface area (Å²) in [7, 11) is 0. The second kappa shape index (κ2) is 6.72. The van der Waals surface area contributed by atoms with Crippen molar-refractivity contribution in [2.45, 2.75) is 38.6 Å². The highest BCUT2D eigenvalue weighted by Crippen LogP contribution is 2.20. The third-order valence-corrected chi connectivity index (χ3v) is 3.83. The van der Waals surface area contributed by atoms with Crippen molar-refractivity contribution in [2.24, 2.45) is 0 Å². The van der Waals surface area contributed by atoms with E-state index in [-0.39, 0.29) is 12.5 Å². The van der Waals surface area contributed by atoms with Gasteiger partial charge in [0.05, 0.1) is 6.54 Å². The molecule has 1 aliphatic rings. The van der Waals surface area contributed by atoms with E-state index >= 15 is 0 Å². The van der Waals surface area contributed by atoms with Gasteiger partial charge in [0.2, 0.25) is 5.91 Å². The number of carboxylic acids is 1. The minimum Gasteiger partial charge on any atom is -0.480 e. The molecular formula is C16H22N2O3. The Morgan fingerprint density at radius 3 is 2.86 bits per heavy atom. The third kappa shape index (κ3) is 4.04. The second-order valence-electron chi connectivity index (χ2n) is 5.80. The minimum atomic E-state index is -0.845. The quantitative estimate of drug-likeness (QED) is 0.873. The van der Waals surface area contributed by atoms with E-state index in [0.29, 0.717) is 18.9 Å². The van der Waals surface area contributed by atoms with E-state index in [2.05, 4.69) is 19.2 Å². The molecule has 1 atom stereocenters. The number of nitrogens with zero attached hydrogens (tertiary/aromatic N) is 1. The molecule has 1 fully saturated rings. The van der Waals surface area contributed by atoms with E-state index in [9.17, 15) is 9.59 Å². The fourth-order valence-corrected chi connectivity index (χ4v) is 2.66. The predicted molar refractivity (Wildman–Crippen MR) is 81.4 cm³/mol.